The normalized spacial score (nSPS) is 14.7. The summed E-state index contributed by atoms with van der Waals surface area (Å²) in [5.41, 5.74) is 3.56. The number of hydrogen-bond donors (Lipinski definition) is 3. The molecule has 3 N–H and O–H groups in total. The van der Waals surface area contributed by atoms with Crippen LogP contribution in [-0.2, 0) is 21.5 Å². The molecule has 2 aliphatic rings. The first-order valence-electron chi connectivity index (χ1n) is 16.2. The van der Waals surface area contributed by atoms with Crippen molar-refractivity contribution in [1.82, 2.24) is 10.2 Å². The molecule has 2 heterocycles. The fourth-order valence-electron chi connectivity index (χ4n) is 5.86. The molecular formula is C35H49BrN4O7. The zero-order valence-electron chi connectivity index (χ0n) is 28.4. The van der Waals surface area contributed by atoms with Crippen LogP contribution in [0.4, 0.5) is 5.69 Å². The van der Waals surface area contributed by atoms with E-state index in [-0.39, 0.29) is 65.0 Å². The first kappa shape index (κ1) is 37.8. The number of carbonyl (C=O) groups excluding carboxylic acids is 3. The number of rotatable bonds is 13. The highest BCUT2D eigenvalue weighted by molar-refractivity contribution is 8.93. The minimum absolute atomic E-state index is 0. The second-order valence-corrected chi connectivity index (χ2v) is 12.7. The van der Waals surface area contributed by atoms with Crippen molar-refractivity contribution in [1.29, 1.82) is 5.41 Å². The molecule has 0 unspecified atom stereocenters. The highest BCUT2D eigenvalue weighted by Crippen LogP contribution is 2.42. The molecule has 4 rings (SSSR count). The number of nitrogens with zero attached hydrogens (tertiary/aromatic N) is 2. The van der Waals surface area contributed by atoms with Gasteiger partial charge in [0.2, 0.25) is 0 Å². The molecule has 2 aromatic rings. The molecule has 1 amide bonds. The van der Waals surface area contributed by atoms with Gasteiger partial charge in [-0.1, -0.05) is 20.8 Å². The van der Waals surface area contributed by atoms with Crippen LogP contribution in [0.2, 0.25) is 0 Å². The smallest absolute Gasteiger partial charge is 0.305 e. The fraction of sp³-hybridized carbons (Fsp3) is 0.543. The summed E-state index contributed by atoms with van der Waals surface area (Å²) in [6.07, 6.45) is 1.59. The van der Waals surface area contributed by atoms with E-state index in [4.69, 9.17) is 19.6 Å². The van der Waals surface area contributed by atoms with Crippen molar-refractivity contribution in [3.8, 4) is 11.5 Å². The van der Waals surface area contributed by atoms with Gasteiger partial charge in [0.1, 0.15) is 17.3 Å². The number of aliphatic hydroxyl groups excluding tert-OH is 1. The van der Waals surface area contributed by atoms with E-state index >= 15 is 0 Å². The molecule has 12 heteroatoms. The molecule has 47 heavy (non-hydrogen) atoms. The van der Waals surface area contributed by atoms with E-state index in [1.54, 1.807) is 31.0 Å². The Hall–Kier alpha value is -3.64. The summed E-state index contributed by atoms with van der Waals surface area (Å²) in [6.45, 7) is 12.4. The minimum Gasteiger partial charge on any atom is -0.493 e. The molecule has 1 fully saturated rings. The Labute approximate surface area is 288 Å². The molecule has 0 spiro atoms. The molecule has 2 aromatic carbocycles. The highest BCUT2D eigenvalue weighted by atomic mass is 79.9. The summed E-state index contributed by atoms with van der Waals surface area (Å²) in [6, 6.07) is 7.20. The van der Waals surface area contributed by atoms with Crippen molar-refractivity contribution in [2.75, 3.05) is 51.4 Å². The van der Waals surface area contributed by atoms with Crippen LogP contribution in [0.3, 0.4) is 0 Å². The number of amidine groups is 1. The number of ether oxygens (including phenoxy) is 3. The maximum atomic E-state index is 14.0. The third-order valence-electron chi connectivity index (χ3n) is 8.33. The molecule has 0 aromatic heterocycles. The van der Waals surface area contributed by atoms with Gasteiger partial charge in [-0.3, -0.25) is 19.8 Å². The Morgan fingerprint density at radius 3 is 2.36 bits per heavy atom. The van der Waals surface area contributed by atoms with E-state index in [1.165, 1.54) is 0 Å². The van der Waals surface area contributed by atoms with E-state index in [2.05, 4.69) is 31.0 Å². The summed E-state index contributed by atoms with van der Waals surface area (Å²) >= 11 is 0. The predicted octanol–water partition coefficient (Wildman–Crippen LogP) is 5.03. The third kappa shape index (κ3) is 9.04. The number of benzene rings is 2. The number of nitrogens with one attached hydrogen (secondary N) is 2. The lowest BCUT2D eigenvalue weighted by Gasteiger charge is -2.35. The largest absolute Gasteiger partial charge is 0.493 e. The summed E-state index contributed by atoms with van der Waals surface area (Å²) in [7, 11) is 1.55. The van der Waals surface area contributed by atoms with Gasteiger partial charge in [0, 0.05) is 49.8 Å². The van der Waals surface area contributed by atoms with E-state index in [1.807, 2.05) is 19.1 Å². The SMILES string of the molecule is Br.CCOC(=O)CCCOc1c(N2CCC(O)CC2)cc(C(=O)CN2Cc3cc(OCC)c(C(=O)NC)cc3C2=N)cc1C(C)(C)C. The highest BCUT2D eigenvalue weighted by Gasteiger charge is 2.32. The number of Topliss-reactive ketones (excluding diaryl/α,β-unsaturated/α-hetero) is 1. The zero-order valence-corrected chi connectivity index (χ0v) is 30.1. The van der Waals surface area contributed by atoms with Crippen LogP contribution in [0.1, 0.15) is 97.7 Å². The zero-order chi connectivity index (χ0) is 33.6. The number of halogens is 1. The van der Waals surface area contributed by atoms with Crippen LogP contribution >= 0.6 is 17.0 Å². The average molecular weight is 718 g/mol. The lowest BCUT2D eigenvalue weighted by Crippen LogP contribution is -2.36. The Kier molecular flexibility index (Phi) is 13.2. The summed E-state index contributed by atoms with van der Waals surface area (Å²) in [5, 5.41) is 21.7. The van der Waals surface area contributed by atoms with Crippen molar-refractivity contribution in [3.05, 3.63) is 52.1 Å². The van der Waals surface area contributed by atoms with Crippen LogP contribution in [0.15, 0.2) is 24.3 Å². The van der Waals surface area contributed by atoms with Gasteiger partial charge in [-0.2, -0.15) is 0 Å². The number of esters is 1. The number of piperidine rings is 1. The molecule has 0 saturated carbocycles. The van der Waals surface area contributed by atoms with E-state index in [0.717, 1.165) is 16.8 Å². The lowest BCUT2D eigenvalue weighted by molar-refractivity contribution is -0.143. The molecule has 2 aliphatic heterocycles. The number of carbonyl (C=O) groups is 3. The van der Waals surface area contributed by atoms with E-state index in [9.17, 15) is 19.5 Å². The molecular weight excluding hydrogens is 668 g/mol. The monoisotopic (exact) mass is 716 g/mol. The van der Waals surface area contributed by atoms with Crippen molar-refractivity contribution in [2.24, 2.45) is 0 Å². The summed E-state index contributed by atoms with van der Waals surface area (Å²) < 4.78 is 17.2. The summed E-state index contributed by atoms with van der Waals surface area (Å²) in [5.74, 6) is 0.596. The lowest BCUT2D eigenvalue weighted by atomic mass is 9.84. The first-order chi connectivity index (χ1) is 21.9. The van der Waals surface area contributed by atoms with Crippen LogP contribution in [0, 0.1) is 5.41 Å². The average Bonchev–Trinajstić information content (AvgIpc) is 3.31. The van der Waals surface area contributed by atoms with Crippen molar-refractivity contribution < 1.29 is 33.7 Å². The Morgan fingerprint density at radius 1 is 1.04 bits per heavy atom. The van der Waals surface area contributed by atoms with Gasteiger partial charge in [-0.05, 0) is 68.4 Å². The molecule has 11 nitrogen and oxygen atoms in total. The molecule has 1 saturated heterocycles. The van der Waals surface area contributed by atoms with Gasteiger partial charge in [0.05, 0.1) is 43.7 Å². The standard InChI is InChI=1S/C35H48N4O7.BrH/c1-7-44-30-18-23-20-39(33(36)25(23)19-26(30)34(43)37-6)21-29(41)22-16-27(35(3,4)5)32(46-15-9-10-31(42)45-8-2)28(17-22)38-13-11-24(40)12-14-38;/h16-19,24,36,40H,7-15,20-21H2,1-6H3,(H,37,43);1H. The van der Waals surface area contributed by atoms with Crippen LogP contribution in [0.5, 0.6) is 11.5 Å². The van der Waals surface area contributed by atoms with E-state index < -0.39 is 0 Å². The topological polar surface area (TPSA) is 141 Å². The number of anilines is 1. The van der Waals surface area contributed by atoms with Crippen molar-refractivity contribution in [2.45, 2.75) is 78.4 Å². The first-order valence-corrected chi connectivity index (χ1v) is 16.2. The molecule has 258 valence electrons. The van der Waals surface area contributed by atoms with Gasteiger partial charge >= 0.3 is 5.97 Å². The van der Waals surface area contributed by atoms with Crippen molar-refractivity contribution in [3.63, 3.8) is 0 Å². The van der Waals surface area contributed by atoms with Crippen molar-refractivity contribution >= 4 is 46.2 Å². The van der Waals surface area contributed by atoms with E-state index in [0.29, 0.717) is 86.9 Å². The predicted molar refractivity (Wildman–Crippen MR) is 187 cm³/mol. The maximum Gasteiger partial charge on any atom is 0.305 e. The summed E-state index contributed by atoms with van der Waals surface area (Å²) in [4.78, 5) is 42.3. The number of ketones is 1. The van der Waals surface area contributed by atoms with Crippen LogP contribution < -0.4 is 19.7 Å². The minimum atomic E-state index is -0.376. The second-order valence-electron chi connectivity index (χ2n) is 12.7. The van der Waals surface area contributed by atoms with Crippen LogP contribution in [0.25, 0.3) is 0 Å². The molecule has 0 bridgehead atoms. The number of amides is 1. The van der Waals surface area contributed by atoms with Gasteiger partial charge in [-0.15, -0.1) is 17.0 Å². The van der Waals surface area contributed by atoms with Gasteiger partial charge in [0.15, 0.2) is 5.78 Å². The maximum absolute atomic E-state index is 14.0. The van der Waals surface area contributed by atoms with Crippen LogP contribution in [-0.4, -0.2) is 86.1 Å². The Balaban J connectivity index is 0.00000600. The Bertz CT molecular complexity index is 1460. The number of fused-ring (bicyclic) bond motifs is 1. The number of hydrogen-bond acceptors (Lipinski definition) is 9. The van der Waals surface area contributed by atoms with Gasteiger partial charge < -0.3 is 34.4 Å². The van der Waals surface area contributed by atoms with Gasteiger partial charge in [-0.25, -0.2) is 0 Å². The quantitative estimate of drug-likeness (QED) is 0.148. The van der Waals surface area contributed by atoms with Gasteiger partial charge in [0.25, 0.3) is 5.91 Å². The molecule has 0 atom stereocenters. The third-order valence-corrected chi connectivity index (χ3v) is 8.33. The molecule has 0 aliphatic carbocycles. The number of aliphatic hydroxyl groups is 1. The Morgan fingerprint density at radius 2 is 1.74 bits per heavy atom. The second kappa shape index (κ2) is 16.5. The molecule has 0 radical (unpaired) electrons. The fourth-order valence-corrected chi connectivity index (χ4v) is 5.86.